The van der Waals surface area contributed by atoms with E-state index in [0.29, 0.717) is 18.4 Å². The van der Waals surface area contributed by atoms with Gasteiger partial charge in [-0.3, -0.25) is 14.2 Å². The van der Waals surface area contributed by atoms with Crippen molar-refractivity contribution in [3.63, 3.8) is 0 Å². The predicted molar refractivity (Wildman–Crippen MR) is 103 cm³/mol. The highest BCUT2D eigenvalue weighted by molar-refractivity contribution is 7.89. The first-order valence-corrected chi connectivity index (χ1v) is 10.8. The van der Waals surface area contributed by atoms with Crippen LogP contribution in [0, 0.1) is 0 Å². The number of carbonyl (C=O) groups is 1. The van der Waals surface area contributed by atoms with Crippen LogP contribution in [0.15, 0.2) is 40.2 Å². The first-order chi connectivity index (χ1) is 13.3. The number of ether oxygens (including phenoxy) is 1. The van der Waals surface area contributed by atoms with Gasteiger partial charge in [0.15, 0.2) is 6.73 Å². The van der Waals surface area contributed by atoms with Crippen LogP contribution in [0.2, 0.25) is 0 Å². The van der Waals surface area contributed by atoms with E-state index >= 15 is 0 Å². The van der Waals surface area contributed by atoms with E-state index in [4.69, 9.17) is 10.5 Å². The third-order valence-electron chi connectivity index (χ3n) is 5.79. The standard InChI is InChI=1S/C19H23N3O5S/c1-2-17(23)27-12-21-10-6-13-14(18(21)24)4-3-5-15(13)28(25,26)22-11-7-16(20)19(22)8-9-19/h3-6,10,16H,2,7-9,11-12,20H2,1H3. The molecule has 1 spiro atoms. The van der Waals surface area contributed by atoms with E-state index in [1.807, 2.05) is 0 Å². The minimum absolute atomic E-state index is 0.111. The Labute approximate surface area is 162 Å². The largest absolute Gasteiger partial charge is 0.444 e. The minimum Gasteiger partial charge on any atom is -0.444 e. The lowest BCUT2D eigenvalue weighted by molar-refractivity contribution is -0.147. The number of pyridine rings is 1. The highest BCUT2D eigenvalue weighted by Crippen LogP contribution is 2.51. The highest BCUT2D eigenvalue weighted by atomic mass is 32.2. The number of fused-ring (bicyclic) bond motifs is 1. The summed E-state index contributed by atoms with van der Waals surface area (Å²) in [7, 11) is -3.78. The maximum atomic E-state index is 13.4. The van der Waals surface area contributed by atoms with Crippen LogP contribution in [0.5, 0.6) is 0 Å². The van der Waals surface area contributed by atoms with E-state index in [2.05, 4.69) is 0 Å². The molecule has 9 heteroatoms. The smallest absolute Gasteiger partial charge is 0.307 e. The molecule has 2 aromatic rings. The van der Waals surface area contributed by atoms with Gasteiger partial charge < -0.3 is 10.5 Å². The van der Waals surface area contributed by atoms with Gasteiger partial charge in [0.1, 0.15) is 0 Å². The maximum Gasteiger partial charge on any atom is 0.307 e. The van der Waals surface area contributed by atoms with Crippen LogP contribution < -0.4 is 11.3 Å². The van der Waals surface area contributed by atoms with Crippen molar-refractivity contribution in [2.45, 2.75) is 55.8 Å². The van der Waals surface area contributed by atoms with Gasteiger partial charge in [0.2, 0.25) is 10.0 Å². The van der Waals surface area contributed by atoms with Crippen molar-refractivity contribution < 1.29 is 17.9 Å². The van der Waals surface area contributed by atoms with E-state index in [1.54, 1.807) is 25.1 Å². The lowest BCUT2D eigenvalue weighted by atomic mass is 10.1. The van der Waals surface area contributed by atoms with Gasteiger partial charge in [0, 0.05) is 36.0 Å². The van der Waals surface area contributed by atoms with Crippen LogP contribution in [0.25, 0.3) is 10.8 Å². The molecule has 1 aliphatic heterocycles. The number of nitrogens with two attached hydrogens (primary N) is 1. The lowest BCUT2D eigenvalue weighted by Crippen LogP contribution is -2.44. The summed E-state index contributed by atoms with van der Waals surface area (Å²) in [5.41, 5.74) is 5.29. The van der Waals surface area contributed by atoms with Crippen molar-refractivity contribution in [2.24, 2.45) is 5.73 Å². The fraction of sp³-hybridized carbons (Fsp3) is 0.474. The van der Waals surface area contributed by atoms with Gasteiger partial charge >= 0.3 is 5.97 Å². The Hall–Kier alpha value is -2.23. The number of sulfonamides is 1. The molecule has 28 heavy (non-hydrogen) atoms. The third-order valence-corrected chi connectivity index (χ3v) is 7.83. The second kappa shape index (κ2) is 6.68. The molecule has 150 valence electrons. The number of aromatic nitrogens is 1. The molecule has 0 amide bonds. The van der Waals surface area contributed by atoms with Gasteiger partial charge in [0.25, 0.3) is 5.56 Å². The molecule has 1 saturated carbocycles. The number of benzene rings is 1. The van der Waals surface area contributed by atoms with Crippen LogP contribution in [-0.2, 0) is 26.3 Å². The normalized spacial score (nSPS) is 21.3. The fourth-order valence-corrected chi connectivity index (χ4v) is 6.10. The Bertz CT molecular complexity index is 1100. The molecule has 8 nitrogen and oxygen atoms in total. The van der Waals surface area contributed by atoms with E-state index in [1.165, 1.54) is 21.1 Å². The summed E-state index contributed by atoms with van der Waals surface area (Å²) < 4.78 is 34.6. The van der Waals surface area contributed by atoms with Gasteiger partial charge in [-0.25, -0.2) is 8.42 Å². The molecular formula is C19H23N3O5S. The number of esters is 1. The average molecular weight is 405 g/mol. The van der Waals surface area contributed by atoms with E-state index in [-0.39, 0.29) is 29.5 Å². The SMILES string of the molecule is CCC(=O)OCn1ccc2c(S(=O)(=O)N3CCC(N)C34CC4)cccc2c1=O. The van der Waals surface area contributed by atoms with E-state index in [0.717, 1.165) is 12.8 Å². The van der Waals surface area contributed by atoms with E-state index < -0.39 is 27.1 Å². The van der Waals surface area contributed by atoms with E-state index in [9.17, 15) is 18.0 Å². The van der Waals surface area contributed by atoms with Crippen LogP contribution in [0.4, 0.5) is 0 Å². The Morgan fingerprint density at radius 3 is 2.71 bits per heavy atom. The average Bonchev–Trinajstić information content (AvgIpc) is 3.41. The molecule has 2 N–H and O–H groups in total. The number of hydrogen-bond acceptors (Lipinski definition) is 6. The number of hydrogen-bond donors (Lipinski definition) is 1. The summed E-state index contributed by atoms with van der Waals surface area (Å²) in [6, 6.07) is 6.10. The van der Waals surface area contributed by atoms with Gasteiger partial charge in [-0.1, -0.05) is 13.0 Å². The first kappa shape index (κ1) is 19.1. The molecule has 4 rings (SSSR count). The van der Waals surface area contributed by atoms with Gasteiger partial charge in [-0.2, -0.15) is 4.31 Å². The summed E-state index contributed by atoms with van der Waals surface area (Å²) in [5.74, 6) is -0.413. The van der Waals surface area contributed by atoms with Gasteiger partial charge in [-0.15, -0.1) is 0 Å². The monoisotopic (exact) mass is 405 g/mol. The molecule has 2 heterocycles. The van der Waals surface area contributed by atoms with Crippen molar-refractivity contribution in [2.75, 3.05) is 6.54 Å². The molecule has 1 aromatic heterocycles. The van der Waals surface area contributed by atoms with Crippen LogP contribution in [0.1, 0.15) is 32.6 Å². The quantitative estimate of drug-likeness (QED) is 0.748. The first-order valence-electron chi connectivity index (χ1n) is 9.37. The molecule has 0 bridgehead atoms. The number of rotatable bonds is 5. The summed E-state index contributed by atoms with van der Waals surface area (Å²) in [5, 5.41) is 0.631. The second-order valence-corrected chi connectivity index (χ2v) is 9.21. The minimum atomic E-state index is -3.78. The zero-order valence-electron chi connectivity index (χ0n) is 15.6. The van der Waals surface area contributed by atoms with Crippen molar-refractivity contribution in [1.29, 1.82) is 0 Å². The van der Waals surface area contributed by atoms with Crippen molar-refractivity contribution in [1.82, 2.24) is 8.87 Å². The molecule has 2 fully saturated rings. The van der Waals surface area contributed by atoms with Crippen molar-refractivity contribution in [3.05, 3.63) is 40.8 Å². The molecule has 2 aliphatic rings. The van der Waals surface area contributed by atoms with Crippen LogP contribution in [0.3, 0.4) is 0 Å². The van der Waals surface area contributed by atoms with Gasteiger partial charge in [-0.05, 0) is 37.5 Å². The predicted octanol–water partition coefficient (Wildman–Crippen LogP) is 1.17. The Kier molecular flexibility index (Phi) is 4.56. The summed E-state index contributed by atoms with van der Waals surface area (Å²) in [6.45, 7) is 1.85. The maximum absolute atomic E-state index is 13.4. The van der Waals surface area contributed by atoms with Crippen molar-refractivity contribution >= 4 is 26.8 Å². The molecule has 0 radical (unpaired) electrons. The van der Waals surface area contributed by atoms with Crippen LogP contribution >= 0.6 is 0 Å². The number of nitrogens with zero attached hydrogens (tertiary/aromatic N) is 2. The molecule has 1 aliphatic carbocycles. The second-order valence-electron chi connectivity index (χ2n) is 7.38. The molecule has 1 saturated heterocycles. The third kappa shape index (κ3) is 2.85. The topological polar surface area (TPSA) is 112 Å². The van der Waals surface area contributed by atoms with Crippen molar-refractivity contribution in [3.8, 4) is 0 Å². The van der Waals surface area contributed by atoms with Gasteiger partial charge in [0.05, 0.1) is 10.4 Å². The zero-order chi connectivity index (χ0) is 20.1. The zero-order valence-corrected chi connectivity index (χ0v) is 16.4. The Morgan fingerprint density at radius 1 is 1.29 bits per heavy atom. The Balaban J connectivity index is 1.76. The van der Waals surface area contributed by atoms with Crippen LogP contribution in [-0.4, -0.2) is 41.4 Å². The summed E-state index contributed by atoms with van der Waals surface area (Å²) >= 11 is 0. The molecule has 1 unspecified atom stereocenters. The molecular weight excluding hydrogens is 382 g/mol. The highest BCUT2D eigenvalue weighted by Gasteiger charge is 2.60. The summed E-state index contributed by atoms with van der Waals surface area (Å²) in [4.78, 5) is 24.2. The number of carbonyl (C=O) groups excluding carboxylic acids is 1. The lowest BCUT2D eigenvalue weighted by Gasteiger charge is -2.26. The fourth-order valence-electron chi connectivity index (χ4n) is 4.02. The molecule has 1 aromatic carbocycles. The molecule has 1 atom stereocenters. The Morgan fingerprint density at radius 2 is 2.04 bits per heavy atom. The summed E-state index contributed by atoms with van der Waals surface area (Å²) in [6.07, 6.45) is 3.85.